The zero-order chi connectivity index (χ0) is 14.9. The van der Waals surface area contributed by atoms with E-state index in [1.165, 1.54) is 12.4 Å². The Morgan fingerprint density at radius 3 is 2.86 bits per heavy atom. The number of allylic oxidation sites excluding steroid dienone is 1. The lowest BCUT2D eigenvalue weighted by atomic mass is 10.0. The Morgan fingerprint density at radius 2 is 2.05 bits per heavy atom. The molecule has 22 heavy (non-hydrogen) atoms. The minimum atomic E-state index is -0.352. The highest BCUT2D eigenvalue weighted by molar-refractivity contribution is 5.76. The first kappa shape index (κ1) is 12.7. The Morgan fingerprint density at radius 1 is 1.14 bits per heavy atom. The summed E-state index contributed by atoms with van der Waals surface area (Å²) in [5.41, 5.74) is 2.30. The number of halogens is 1. The molecule has 0 radical (unpaired) electrons. The molecule has 0 spiro atoms. The fraction of sp³-hybridized carbons (Fsp3) is 0.0625. The zero-order valence-electron chi connectivity index (χ0n) is 11.5. The van der Waals surface area contributed by atoms with E-state index in [1.807, 2.05) is 24.3 Å². The molecule has 3 aromatic rings. The third kappa shape index (κ3) is 2.05. The number of pyridine rings is 1. The molecule has 1 unspecified atom stereocenters. The second-order valence-electron chi connectivity index (χ2n) is 4.94. The quantitative estimate of drug-likeness (QED) is 0.789. The average Bonchev–Trinajstić information content (AvgIpc) is 3.04. The van der Waals surface area contributed by atoms with Crippen molar-refractivity contribution in [2.24, 2.45) is 0 Å². The molecule has 0 bridgehead atoms. The van der Waals surface area contributed by atoms with Crippen LogP contribution in [0.3, 0.4) is 0 Å². The van der Waals surface area contributed by atoms with Crippen molar-refractivity contribution in [2.75, 3.05) is 5.32 Å². The Hall–Kier alpha value is -3.02. The van der Waals surface area contributed by atoms with E-state index in [9.17, 15) is 4.39 Å². The molecule has 108 valence electrons. The van der Waals surface area contributed by atoms with Gasteiger partial charge < -0.3 is 5.32 Å². The second-order valence-corrected chi connectivity index (χ2v) is 4.94. The molecule has 2 aromatic heterocycles. The molecule has 0 amide bonds. The fourth-order valence-corrected chi connectivity index (χ4v) is 2.56. The summed E-state index contributed by atoms with van der Waals surface area (Å²) in [5.74, 6) is 0.312. The lowest BCUT2D eigenvalue weighted by Gasteiger charge is -2.24. The number of nitrogens with zero attached hydrogens (tertiary/aromatic N) is 4. The summed E-state index contributed by atoms with van der Waals surface area (Å²) in [6, 6.07) is 10.1. The van der Waals surface area contributed by atoms with Crippen molar-refractivity contribution in [1.82, 2.24) is 19.7 Å². The van der Waals surface area contributed by atoms with Gasteiger partial charge in [0, 0.05) is 29.2 Å². The largest absolute Gasteiger partial charge is 0.324 e. The van der Waals surface area contributed by atoms with Crippen LogP contribution in [0.5, 0.6) is 0 Å². The van der Waals surface area contributed by atoms with Crippen LogP contribution in [0.2, 0.25) is 0 Å². The van der Waals surface area contributed by atoms with Gasteiger partial charge in [-0.25, -0.2) is 9.07 Å². The van der Waals surface area contributed by atoms with Crippen molar-refractivity contribution in [3.05, 3.63) is 78.1 Å². The average molecular weight is 293 g/mol. The number of aromatic nitrogens is 4. The van der Waals surface area contributed by atoms with Crippen molar-refractivity contribution in [1.29, 1.82) is 0 Å². The van der Waals surface area contributed by atoms with E-state index in [1.54, 1.807) is 29.2 Å². The van der Waals surface area contributed by atoms with Gasteiger partial charge in [0.25, 0.3) is 0 Å². The molecule has 5 nitrogen and oxygen atoms in total. The first-order valence-electron chi connectivity index (χ1n) is 6.86. The van der Waals surface area contributed by atoms with E-state index in [0.29, 0.717) is 11.5 Å². The van der Waals surface area contributed by atoms with Crippen molar-refractivity contribution < 1.29 is 4.39 Å². The number of benzene rings is 1. The molecule has 0 aliphatic carbocycles. The molecule has 0 fully saturated rings. The highest BCUT2D eigenvalue weighted by atomic mass is 19.1. The van der Waals surface area contributed by atoms with Gasteiger partial charge in [-0.15, -0.1) is 0 Å². The van der Waals surface area contributed by atoms with Gasteiger partial charge in [-0.3, -0.25) is 4.98 Å². The third-order valence-electron chi connectivity index (χ3n) is 3.60. The maximum Gasteiger partial charge on any atom is 0.226 e. The van der Waals surface area contributed by atoms with E-state index in [0.717, 1.165) is 11.3 Å². The first-order valence-corrected chi connectivity index (χ1v) is 6.86. The van der Waals surface area contributed by atoms with Gasteiger partial charge in [-0.2, -0.15) is 10.1 Å². The number of anilines is 1. The lowest BCUT2D eigenvalue weighted by Crippen LogP contribution is -2.21. The van der Waals surface area contributed by atoms with Gasteiger partial charge in [0.1, 0.15) is 18.2 Å². The van der Waals surface area contributed by atoms with Gasteiger partial charge in [0.15, 0.2) is 0 Å². The second kappa shape index (κ2) is 5.07. The summed E-state index contributed by atoms with van der Waals surface area (Å²) >= 11 is 0. The third-order valence-corrected chi connectivity index (χ3v) is 3.60. The molecule has 1 N–H and O–H groups in total. The summed E-state index contributed by atoms with van der Waals surface area (Å²) < 4.78 is 15.8. The monoisotopic (exact) mass is 293 g/mol. The summed E-state index contributed by atoms with van der Waals surface area (Å²) in [5, 5.41) is 7.40. The fourth-order valence-electron chi connectivity index (χ4n) is 2.56. The maximum absolute atomic E-state index is 14.2. The predicted octanol–water partition coefficient (Wildman–Crippen LogP) is 2.87. The molecule has 1 atom stereocenters. The van der Waals surface area contributed by atoms with E-state index < -0.39 is 0 Å². The molecular weight excluding hydrogens is 281 g/mol. The topological polar surface area (TPSA) is 55.6 Å². The predicted molar refractivity (Wildman–Crippen MR) is 80.4 cm³/mol. The lowest BCUT2D eigenvalue weighted by molar-refractivity contribution is 0.551. The van der Waals surface area contributed by atoms with Gasteiger partial charge >= 0.3 is 0 Å². The molecule has 0 saturated heterocycles. The molecule has 0 saturated carbocycles. The van der Waals surface area contributed by atoms with Crippen LogP contribution < -0.4 is 5.32 Å². The van der Waals surface area contributed by atoms with Gasteiger partial charge in [0.2, 0.25) is 5.95 Å². The minimum Gasteiger partial charge on any atom is -0.324 e. The van der Waals surface area contributed by atoms with E-state index in [-0.39, 0.29) is 11.9 Å². The highest BCUT2D eigenvalue weighted by Crippen LogP contribution is 2.32. The molecule has 3 heterocycles. The summed E-state index contributed by atoms with van der Waals surface area (Å²) in [6.45, 7) is 0. The van der Waals surface area contributed by atoms with E-state index in [4.69, 9.17) is 0 Å². The van der Waals surface area contributed by atoms with Crippen LogP contribution in [0, 0.1) is 5.82 Å². The van der Waals surface area contributed by atoms with Crippen molar-refractivity contribution in [3.63, 3.8) is 0 Å². The SMILES string of the molecule is Fc1ccccc1C1C=C(c2cccnc2)Nc2ncnn21. The van der Waals surface area contributed by atoms with E-state index >= 15 is 0 Å². The normalized spacial score (nSPS) is 16.6. The Bertz CT molecular complexity index is 841. The number of fused-ring (bicyclic) bond motifs is 1. The molecule has 1 aliphatic rings. The molecule has 1 aliphatic heterocycles. The summed E-state index contributed by atoms with van der Waals surface area (Å²) in [4.78, 5) is 8.32. The van der Waals surface area contributed by atoms with Crippen LogP contribution in [0.25, 0.3) is 5.70 Å². The Balaban J connectivity index is 1.86. The zero-order valence-corrected chi connectivity index (χ0v) is 11.5. The maximum atomic E-state index is 14.2. The minimum absolute atomic E-state index is 0.266. The van der Waals surface area contributed by atoms with Gasteiger partial charge in [0.05, 0.1) is 0 Å². The van der Waals surface area contributed by atoms with Gasteiger partial charge in [-0.1, -0.05) is 18.2 Å². The number of rotatable bonds is 2. The van der Waals surface area contributed by atoms with Crippen molar-refractivity contribution in [3.8, 4) is 0 Å². The standard InChI is InChI=1S/C16H12FN5/c17-13-6-2-1-5-12(13)15-8-14(11-4-3-7-18-9-11)21-16-19-10-20-22(15)16/h1-10,15H,(H,19,20,21). The summed E-state index contributed by atoms with van der Waals surface area (Å²) in [7, 11) is 0. The molecule has 4 rings (SSSR count). The van der Waals surface area contributed by atoms with Crippen LogP contribution in [0.15, 0.2) is 61.2 Å². The van der Waals surface area contributed by atoms with Crippen molar-refractivity contribution in [2.45, 2.75) is 6.04 Å². The van der Waals surface area contributed by atoms with Crippen LogP contribution in [0.4, 0.5) is 10.3 Å². The highest BCUT2D eigenvalue weighted by Gasteiger charge is 2.25. The number of nitrogens with one attached hydrogen (secondary N) is 1. The smallest absolute Gasteiger partial charge is 0.226 e. The molecule has 1 aromatic carbocycles. The molecular formula is C16H12FN5. The van der Waals surface area contributed by atoms with Crippen LogP contribution in [-0.2, 0) is 0 Å². The van der Waals surface area contributed by atoms with Crippen molar-refractivity contribution >= 4 is 11.6 Å². The van der Waals surface area contributed by atoms with Gasteiger partial charge in [-0.05, 0) is 24.3 Å². The van der Waals surface area contributed by atoms with E-state index in [2.05, 4.69) is 20.4 Å². The molecule has 6 heteroatoms. The summed E-state index contributed by atoms with van der Waals surface area (Å²) in [6.07, 6.45) is 6.85. The number of hydrogen-bond acceptors (Lipinski definition) is 4. The number of hydrogen-bond donors (Lipinski definition) is 1. The van der Waals surface area contributed by atoms with Crippen LogP contribution in [-0.4, -0.2) is 19.7 Å². The Labute approximate surface area is 126 Å². The van der Waals surface area contributed by atoms with Crippen LogP contribution >= 0.6 is 0 Å². The van der Waals surface area contributed by atoms with Crippen LogP contribution in [0.1, 0.15) is 17.2 Å². The first-order chi connectivity index (χ1) is 10.8. The Kier molecular flexibility index (Phi) is 2.93.